The number of rotatable bonds is 4. The average molecular weight is 201 g/mol. The van der Waals surface area contributed by atoms with Gasteiger partial charge in [0.1, 0.15) is 0 Å². The van der Waals surface area contributed by atoms with Gasteiger partial charge in [0, 0.05) is 12.6 Å². The van der Waals surface area contributed by atoms with Gasteiger partial charge in [-0.1, -0.05) is 0 Å². The number of ether oxygens (including phenoxy) is 1. The van der Waals surface area contributed by atoms with Crippen molar-refractivity contribution in [1.82, 2.24) is 4.90 Å². The maximum absolute atomic E-state index is 9.52. The molecule has 14 heavy (non-hydrogen) atoms. The summed E-state index contributed by atoms with van der Waals surface area (Å²) in [6, 6.07) is 0.423. The van der Waals surface area contributed by atoms with Gasteiger partial charge in [-0.3, -0.25) is 4.90 Å². The zero-order valence-corrected chi connectivity index (χ0v) is 9.57. The van der Waals surface area contributed by atoms with Crippen LogP contribution in [0.1, 0.15) is 33.6 Å². The molecule has 0 saturated carbocycles. The van der Waals surface area contributed by atoms with Crippen LogP contribution in [0.2, 0.25) is 0 Å². The molecule has 0 bridgehead atoms. The van der Waals surface area contributed by atoms with E-state index < -0.39 is 0 Å². The predicted octanol–water partition coefficient (Wildman–Crippen LogP) is 1.26. The Kier molecular flexibility index (Phi) is 4.85. The first-order valence-electron chi connectivity index (χ1n) is 5.63. The van der Waals surface area contributed by atoms with Crippen LogP contribution in [0.4, 0.5) is 0 Å². The normalized spacial score (nSPS) is 26.8. The van der Waals surface area contributed by atoms with Crippen LogP contribution in [0, 0.1) is 0 Å². The van der Waals surface area contributed by atoms with Crippen LogP contribution in [0.3, 0.4) is 0 Å². The molecule has 0 aromatic carbocycles. The van der Waals surface area contributed by atoms with Crippen molar-refractivity contribution in [3.05, 3.63) is 0 Å². The number of aliphatic hydroxyl groups is 1. The molecule has 1 aliphatic heterocycles. The number of nitrogens with zero attached hydrogens (tertiary/aromatic N) is 1. The van der Waals surface area contributed by atoms with E-state index in [1.54, 1.807) is 0 Å². The van der Waals surface area contributed by atoms with Crippen molar-refractivity contribution in [2.75, 3.05) is 19.7 Å². The Balaban J connectivity index is 2.25. The minimum absolute atomic E-state index is 0.134. The van der Waals surface area contributed by atoms with Crippen LogP contribution in [0.25, 0.3) is 0 Å². The second-order valence-corrected chi connectivity index (χ2v) is 4.52. The van der Waals surface area contributed by atoms with Crippen LogP contribution < -0.4 is 0 Å². The number of likely N-dealkylation sites (tertiary alicyclic amines) is 1. The molecule has 0 aromatic rings. The largest absolute Gasteiger partial charge is 0.392 e. The molecule has 2 atom stereocenters. The maximum Gasteiger partial charge on any atom is 0.0667 e. The Morgan fingerprint density at radius 1 is 1.43 bits per heavy atom. The van der Waals surface area contributed by atoms with E-state index in [1.807, 2.05) is 0 Å². The Morgan fingerprint density at radius 2 is 2.14 bits per heavy atom. The molecular formula is C11H23NO2. The van der Waals surface area contributed by atoms with Crippen LogP contribution in [0.5, 0.6) is 0 Å². The first-order valence-corrected chi connectivity index (χ1v) is 5.63. The molecule has 84 valence electrons. The van der Waals surface area contributed by atoms with Crippen molar-refractivity contribution in [3.63, 3.8) is 0 Å². The van der Waals surface area contributed by atoms with Gasteiger partial charge in [0.2, 0.25) is 0 Å². The first-order chi connectivity index (χ1) is 6.59. The zero-order chi connectivity index (χ0) is 10.6. The molecule has 0 spiro atoms. The minimum Gasteiger partial charge on any atom is -0.392 e. The van der Waals surface area contributed by atoms with E-state index in [4.69, 9.17) is 4.74 Å². The van der Waals surface area contributed by atoms with Gasteiger partial charge in [-0.15, -0.1) is 0 Å². The van der Waals surface area contributed by atoms with E-state index in [-0.39, 0.29) is 6.10 Å². The fraction of sp³-hybridized carbons (Fsp3) is 1.00. The first kappa shape index (κ1) is 12.0. The summed E-state index contributed by atoms with van der Waals surface area (Å²) in [6.07, 6.45) is 2.22. The molecule has 0 radical (unpaired) electrons. The highest BCUT2D eigenvalue weighted by Crippen LogP contribution is 2.13. The SMILES string of the molecule is CC(C)OCC(C)N1CCC[C@@H](O)C1. The summed E-state index contributed by atoms with van der Waals surface area (Å²) in [5, 5.41) is 9.52. The highest BCUT2D eigenvalue weighted by Gasteiger charge is 2.21. The van der Waals surface area contributed by atoms with Crippen LogP contribution >= 0.6 is 0 Å². The second kappa shape index (κ2) is 5.69. The van der Waals surface area contributed by atoms with Gasteiger partial charge in [0.15, 0.2) is 0 Å². The summed E-state index contributed by atoms with van der Waals surface area (Å²) in [4.78, 5) is 2.32. The van der Waals surface area contributed by atoms with Gasteiger partial charge in [-0.05, 0) is 40.2 Å². The summed E-state index contributed by atoms with van der Waals surface area (Å²) < 4.78 is 5.57. The zero-order valence-electron chi connectivity index (χ0n) is 9.57. The maximum atomic E-state index is 9.52. The lowest BCUT2D eigenvalue weighted by Gasteiger charge is -2.34. The second-order valence-electron chi connectivity index (χ2n) is 4.52. The van der Waals surface area contributed by atoms with E-state index in [0.717, 1.165) is 32.5 Å². The van der Waals surface area contributed by atoms with Crippen molar-refractivity contribution < 1.29 is 9.84 Å². The molecule has 1 heterocycles. The van der Waals surface area contributed by atoms with Gasteiger partial charge >= 0.3 is 0 Å². The monoisotopic (exact) mass is 201 g/mol. The minimum atomic E-state index is -0.134. The van der Waals surface area contributed by atoms with E-state index in [9.17, 15) is 5.11 Å². The number of piperidine rings is 1. The van der Waals surface area contributed by atoms with Gasteiger partial charge in [-0.2, -0.15) is 0 Å². The average Bonchev–Trinajstić information content (AvgIpc) is 2.14. The van der Waals surface area contributed by atoms with Crippen molar-refractivity contribution in [2.45, 2.75) is 51.9 Å². The topological polar surface area (TPSA) is 32.7 Å². The van der Waals surface area contributed by atoms with Gasteiger partial charge in [0.05, 0.1) is 18.8 Å². The van der Waals surface area contributed by atoms with Gasteiger partial charge in [-0.25, -0.2) is 0 Å². The van der Waals surface area contributed by atoms with Crippen LogP contribution in [-0.4, -0.2) is 48.0 Å². The quantitative estimate of drug-likeness (QED) is 0.743. The summed E-state index contributed by atoms with van der Waals surface area (Å²) in [6.45, 7) is 8.95. The molecule has 1 rings (SSSR count). The predicted molar refractivity (Wildman–Crippen MR) is 57.4 cm³/mol. The third-order valence-electron chi connectivity index (χ3n) is 2.72. The summed E-state index contributed by atoms with van der Waals surface area (Å²) in [5.74, 6) is 0. The highest BCUT2D eigenvalue weighted by molar-refractivity contribution is 4.76. The molecule has 1 fully saturated rings. The smallest absolute Gasteiger partial charge is 0.0667 e. The number of β-amino-alcohol motifs (C(OH)–C–C–N with tert-alkyl or cyclic N) is 1. The fourth-order valence-electron chi connectivity index (χ4n) is 1.82. The number of aliphatic hydroxyl groups excluding tert-OH is 1. The van der Waals surface area contributed by atoms with Gasteiger partial charge in [0.25, 0.3) is 0 Å². The third kappa shape index (κ3) is 3.95. The molecule has 1 unspecified atom stereocenters. The third-order valence-corrected chi connectivity index (χ3v) is 2.72. The molecule has 1 aliphatic rings. The number of hydrogen-bond donors (Lipinski definition) is 1. The fourth-order valence-corrected chi connectivity index (χ4v) is 1.82. The lowest BCUT2D eigenvalue weighted by atomic mass is 10.1. The molecule has 1 N–H and O–H groups in total. The van der Waals surface area contributed by atoms with Gasteiger partial charge < -0.3 is 9.84 Å². The molecule has 3 heteroatoms. The Labute approximate surface area is 87.1 Å². The highest BCUT2D eigenvalue weighted by atomic mass is 16.5. The Hall–Kier alpha value is -0.120. The van der Waals surface area contributed by atoms with E-state index in [2.05, 4.69) is 25.7 Å². The molecule has 0 aliphatic carbocycles. The molecule has 0 aromatic heterocycles. The summed E-state index contributed by atoms with van der Waals surface area (Å²) in [7, 11) is 0. The molecule has 3 nitrogen and oxygen atoms in total. The van der Waals surface area contributed by atoms with Crippen molar-refractivity contribution >= 4 is 0 Å². The van der Waals surface area contributed by atoms with Crippen molar-refractivity contribution in [2.24, 2.45) is 0 Å². The summed E-state index contributed by atoms with van der Waals surface area (Å²) in [5.41, 5.74) is 0. The summed E-state index contributed by atoms with van der Waals surface area (Å²) >= 11 is 0. The van der Waals surface area contributed by atoms with Crippen molar-refractivity contribution in [1.29, 1.82) is 0 Å². The molecular weight excluding hydrogens is 178 g/mol. The molecule has 1 saturated heterocycles. The standard InChI is InChI=1S/C11H23NO2/c1-9(2)14-8-10(3)12-6-4-5-11(13)7-12/h9-11,13H,4-8H2,1-3H3/t10?,11-/m1/s1. The van der Waals surface area contributed by atoms with E-state index in [1.165, 1.54) is 0 Å². The van der Waals surface area contributed by atoms with Crippen molar-refractivity contribution in [3.8, 4) is 0 Å². The van der Waals surface area contributed by atoms with Crippen LogP contribution in [-0.2, 0) is 4.74 Å². The van der Waals surface area contributed by atoms with E-state index in [0.29, 0.717) is 12.1 Å². The number of hydrogen-bond acceptors (Lipinski definition) is 3. The lowest BCUT2D eigenvalue weighted by molar-refractivity contribution is -0.00199. The Morgan fingerprint density at radius 3 is 2.71 bits per heavy atom. The lowest BCUT2D eigenvalue weighted by Crippen LogP contribution is -2.45. The van der Waals surface area contributed by atoms with Crippen LogP contribution in [0.15, 0.2) is 0 Å². The van der Waals surface area contributed by atoms with E-state index >= 15 is 0 Å². The molecule has 0 amide bonds. The Bertz CT molecular complexity index is 161.